The molecule has 0 aliphatic heterocycles. The number of aromatic amines is 1. The molecule has 0 atom stereocenters. The van der Waals surface area contributed by atoms with Gasteiger partial charge in [-0.1, -0.05) is 23.8 Å². The van der Waals surface area contributed by atoms with Crippen molar-refractivity contribution >= 4 is 11.6 Å². The van der Waals surface area contributed by atoms with E-state index in [9.17, 15) is 4.79 Å². The van der Waals surface area contributed by atoms with Crippen LogP contribution in [0.1, 0.15) is 12.5 Å². The van der Waals surface area contributed by atoms with Gasteiger partial charge in [0.1, 0.15) is 5.15 Å². The summed E-state index contributed by atoms with van der Waals surface area (Å²) in [5.74, 6) is 0. The minimum absolute atomic E-state index is 0.121. The van der Waals surface area contributed by atoms with Crippen molar-refractivity contribution in [1.82, 2.24) is 9.78 Å². The van der Waals surface area contributed by atoms with Gasteiger partial charge in [-0.25, -0.2) is 0 Å². The Hall–Kier alpha value is -0.960. The predicted molar refractivity (Wildman–Crippen MR) is 49.6 cm³/mol. The van der Waals surface area contributed by atoms with Crippen LogP contribution in [-0.4, -0.2) is 9.78 Å². The molecule has 1 heterocycles. The van der Waals surface area contributed by atoms with Gasteiger partial charge in [-0.2, -0.15) is 0 Å². The molecule has 1 N–H and O–H groups in total. The molecule has 0 saturated heterocycles. The second-order valence-electron chi connectivity index (χ2n) is 2.54. The largest absolute Gasteiger partial charge is 0.270 e. The van der Waals surface area contributed by atoms with E-state index in [-0.39, 0.29) is 5.56 Å². The molecule has 1 aromatic heterocycles. The summed E-state index contributed by atoms with van der Waals surface area (Å²) in [4.78, 5) is 11.0. The third-order valence-corrected chi connectivity index (χ3v) is 2.13. The number of hydrogen-bond acceptors (Lipinski definition) is 1. The van der Waals surface area contributed by atoms with Crippen LogP contribution in [0, 0.1) is 6.92 Å². The SMILES string of the molecule is CC=CCn1[nH]c(=O)c(C)c1Cl. The van der Waals surface area contributed by atoms with Gasteiger partial charge >= 0.3 is 0 Å². The number of aromatic nitrogens is 2. The molecule has 1 rings (SSSR count). The third kappa shape index (κ3) is 1.61. The summed E-state index contributed by atoms with van der Waals surface area (Å²) < 4.78 is 1.61. The van der Waals surface area contributed by atoms with Crippen molar-refractivity contribution in [3.63, 3.8) is 0 Å². The molecule has 3 nitrogen and oxygen atoms in total. The predicted octanol–water partition coefficient (Wildman–Crippen LogP) is 1.71. The van der Waals surface area contributed by atoms with Crippen LogP contribution in [0.15, 0.2) is 16.9 Å². The topological polar surface area (TPSA) is 37.8 Å². The number of nitrogens with one attached hydrogen (secondary N) is 1. The molecule has 0 aliphatic carbocycles. The molecule has 66 valence electrons. The van der Waals surface area contributed by atoms with E-state index in [2.05, 4.69) is 5.10 Å². The summed E-state index contributed by atoms with van der Waals surface area (Å²) in [6.45, 7) is 4.23. The second-order valence-corrected chi connectivity index (χ2v) is 2.89. The Balaban J connectivity index is 3.01. The van der Waals surface area contributed by atoms with Crippen molar-refractivity contribution in [2.75, 3.05) is 0 Å². The van der Waals surface area contributed by atoms with Crippen molar-refractivity contribution < 1.29 is 0 Å². The minimum Gasteiger partial charge on any atom is -0.270 e. The van der Waals surface area contributed by atoms with Crippen LogP contribution in [0.2, 0.25) is 5.15 Å². The second kappa shape index (κ2) is 3.63. The minimum atomic E-state index is -0.121. The lowest BCUT2D eigenvalue weighted by Gasteiger charge is -1.97. The maximum atomic E-state index is 11.0. The van der Waals surface area contributed by atoms with Gasteiger partial charge in [0.2, 0.25) is 0 Å². The van der Waals surface area contributed by atoms with Crippen LogP contribution in [0.4, 0.5) is 0 Å². The first-order valence-corrected chi connectivity index (χ1v) is 4.10. The van der Waals surface area contributed by atoms with Crippen molar-refractivity contribution in [2.24, 2.45) is 0 Å². The van der Waals surface area contributed by atoms with Gasteiger partial charge in [0.05, 0.1) is 12.1 Å². The van der Waals surface area contributed by atoms with Crippen LogP contribution in [-0.2, 0) is 6.54 Å². The van der Waals surface area contributed by atoms with Crippen LogP contribution < -0.4 is 5.56 Å². The van der Waals surface area contributed by atoms with Crippen molar-refractivity contribution in [3.05, 3.63) is 33.2 Å². The maximum Gasteiger partial charge on any atom is 0.268 e. The first kappa shape index (κ1) is 9.13. The van der Waals surface area contributed by atoms with Gasteiger partial charge in [0.25, 0.3) is 5.56 Å². The van der Waals surface area contributed by atoms with Crippen molar-refractivity contribution in [2.45, 2.75) is 20.4 Å². The van der Waals surface area contributed by atoms with Crippen LogP contribution in [0.25, 0.3) is 0 Å². The highest BCUT2D eigenvalue weighted by molar-refractivity contribution is 6.30. The normalized spacial score (nSPS) is 11.2. The first-order valence-electron chi connectivity index (χ1n) is 3.73. The molecule has 4 heteroatoms. The van der Waals surface area contributed by atoms with E-state index < -0.39 is 0 Å². The molecule has 0 fully saturated rings. The van der Waals surface area contributed by atoms with Gasteiger partial charge in [-0.15, -0.1) is 0 Å². The fourth-order valence-electron chi connectivity index (χ4n) is 0.888. The summed E-state index contributed by atoms with van der Waals surface area (Å²) in [5, 5.41) is 3.11. The Morgan fingerprint density at radius 2 is 2.33 bits per heavy atom. The first-order chi connectivity index (χ1) is 5.66. The van der Waals surface area contributed by atoms with Gasteiger partial charge in [-0.3, -0.25) is 14.6 Å². The quantitative estimate of drug-likeness (QED) is 0.702. The lowest BCUT2D eigenvalue weighted by molar-refractivity contribution is 0.693. The zero-order chi connectivity index (χ0) is 9.14. The summed E-state index contributed by atoms with van der Waals surface area (Å²) in [6.07, 6.45) is 3.82. The Morgan fingerprint density at radius 1 is 1.67 bits per heavy atom. The summed E-state index contributed by atoms with van der Waals surface area (Å²) in [5.41, 5.74) is 0.450. The zero-order valence-electron chi connectivity index (χ0n) is 7.10. The van der Waals surface area contributed by atoms with E-state index in [1.807, 2.05) is 19.1 Å². The molecule has 12 heavy (non-hydrogen) atoms. The van der Waals surface area contributed by atoms with Gasteiger partial charge in [0, 0.05) is 0 Å². The number of allylic oxidation sites excluding steroid dienone is 2. The molecule has 0 aromatic carbocycles. The molecule has 0 amide bonds. The molecule has 0 spiro atoms. The average molecular weight is 187 g/mol. The monoisotopic (exact) mass is 186 g/mol. The number of H-pyrrole nitrogens is 1. The van der Waals surface area contributed by atoms with Crippen LogP contribution in [0.3, 0.4) is 0 Å². The number of halogens is 1. The molecule has 0 unspecified atom stereocenters. The highest BCUT2D eigenvalue weighted by Crippen LogP contribution is 2.09. The molecular weight excluding hydrogens is 176 g/mol. The standard InChI is InChI=1S/C8H11ClN2O/c1-3-4-5-11-7(9)6(2)8(12)10-11/h3-4H,5H2,1-2H3,(H,10,12). The van der Waals surface area contributed by atoms with Gasteiger partial charge in [-0.05, 0) is 13.8 Å². The highest BCUT2D eigenvalue weighted by atomic mass is 35.5. The lowest BCUT2D eigenvalue weighted by Crippen LogP contribution is -2.05. The fraction of sp³-hybridized carbons (Fsp3) is 0.375. The van der Waals surface area contributed by atoms with E-state index in [4.69, 9.17) is 11.6 Å². The third-order valence-electron chi connectivity index (χ3n) is 1.65. The van der Waals surface area contributed by atoms with Gasteiger partial charge < -0.3 is 0 Å². The average Bonchev–Trinajstić information content (AvgIpc) is 2.30. The molecule has 0 radical (unpaired) electrons. The summed E-state index contributed by atoms with van der Waals surface area (Å²) in [7, 11) is 0. The Morgan fingerprint density at radius 3 is 2.75 bits per heavy atom. The Kier molecular flexibility index (Phi) is 2.76. The Labute approximate surface area is 75.6 Å². The molecular formula is C8H11ClN2O. The molecule has 0 saturated carbocycles. The molecule has 1 aromatic rings. The Bertz CT molecular complexity index is 348. The van der Waals surface area contributed by atoms with E-state index in [1.54, 1.807) is 11.6 Å². The zero-order valence-corrected chi connectivity index (χ0v) is 7.85. The van der Waals surface area contributed by atoms with E-state index >= 15 is 0 Å². The fourth-order valence-corrected chi connectivity index (χ4v) is 1.09. The lowest BCUT2D eigenvalue weighted by atomic mass is 10.4. The van der Waals surface area contributed by atoms with E-state index in [0.717, 1.165) is 0 Å². The molecule has 0 aliphatic rings. The summed E-state index contributed by atoms with van der Waals surface area (Å²) >= 11 is 5.85. The van der Waals surface area contributed by atoms with E-state index in [1.165, 1.54) is 0 Å². The number of rotatable bonds is 2. The summed E-state index contributed by atoms with van der Waals surface area (Å²) in [6, 6.07) is 0. The van der Waals surface area contributed by atoms with Crippen molar-refractivity contribution in [1.29, 1.82) is 0 Å². The highest BCUT2D eigenvalue weighted by Gasteiger charge is 2.05. The molecule has 0 bridgehead atoms. The van der Waals surface area contributed by atoms with Crippen LogP contribution in [0.5, 0.6) is 0 Å². The van der Waals surface area contributed by atoms with Crippen LogP contribution >= 0.6 is 11.6 Å². The maximum absolute atomic E-state index is 11.0. The number of hydrogen-bond donors (Lipinski definition) is 1. The smallest absolute Gasteiger partial charge is 0.268 e. The van der Waals surface area contributed by atoms with E-state index in [0.29, 0.717) is 17.3 Å². The van der Waals surface area contributed by atoms with Crippen molar-refractivity contribution in [3.8, 4) is 0 Å². The van der Waals surface area contributed by atoms with Gasteiger partial charge in [0.15, 0.2) is 0 Å². The number of nitrogens with zero attached hydrogens (tertiary/aromatic N) is 1.